The van der Waals surface area contributed by atoms with Crippen LogP contribution in [0.4, 0.5) is 0 Å². The Kier molecular flexibility index (Phi) is 3.44. The Morgan fingerprint density at radius 3 is 2.83 bits per heavy atom. The molecular formula is C8H12ClN3. The molecule has 4 heteroatoms. The van der Waals surface area contributed by atoms with Gasteiger partial charge >= 0.3 is 0 Å². The Balaban J connectivity index is 2.90. The third-order valence-corrected chi connectivity index (χ3v) is 1.72. The fourth-order valence-corrected chi connectivity index (χ4v) is 1.16. The number of rotatable bonds is 3. The van der Waals surface area contributed by atoms with E-state index in [4.69, 9.17) is 17.3 Å². The number of halogens is 1. The second-order valence-electron chi connectivity index (χ2n) is 2.49. The van der Waals surface area contributed by atoms with Crippen LogP contribution in [0, 0.1) is 0 Å². The van der Waals surface area contributed by atoms with Gasteiger partial charge in [0.25, 0.3) is 0 Å². The summed E-state index contributed by atoms with van der Waals surface area (Å²) in [4.78, 5) is 8.31. The summed E-state index contributed by atoms with van der Waals surface area (Å²) in [5, 5.41) is 0.505. The molecule has 1 rings (SSSR count). The lowest BCUT2D eigenvalue weighted by Crippen LogP contribution is -2.07. The summed E-state index contributed by atoms with van der Waals surface area (Å²) in [5.41, 5.74) is 6.35. The van der Waals surface area contributed by atoms with Crippen LogP contribution in [0.2, 0.25) is 5.15 Å². The summed E-state index contributed by atoms with van der Waals surface area (Å²) in [6, 6.07) is 1.78. The van der Waals surface area contributed by atoms with Crippen LogP contribution in [0.3, 0.4) is 0 Å². The number of hydrogen-bond donors (Lipinski definition) is 1. The Bertz CT molecular complexity index is 262. The lowest BCUT2D eigenvalue weighted by Gasteiger charge is -2.01. The minimum Gasteiger partial charge on any atom is -0.330 e. The standard InChI is InChI=1S/C8H12ClN3/c1-2-6-5-7(9)12-8(11-6)3-4-10/h5H,2-4,10H2,1H3. The first-order chi connectivity index (χ1) is 5.76. The molecule has 0 atom stereocenters. The molecule has 0 spiro atoms. The minimum atomic E-state index is 0.505. The summed E-state index contributed by atoms with van der Waals surface area (Å²) in [7, 11) is 0. The molecule has 0 saturated heterocycles. The van der Waals surface area contributed by atoms with E-state index < -0.39 is 0 Å². The van der Waals surface area contributed by atoms with Crippen molar-refractivity contribution in [1.82, 2.24) is 9.97 Å². The van der Waals surface area contributed by atoms with E-state index >= 15 is 0 Å². The Labute approximate surface area is 77.0 Å². The van der Waals surface area contributed by atoms with E-state index in [9.17, 15) is 0 Å². The fourth-order valence-electron chi connectivity index (χ4n) is 0.938. The van der Waals surface area contributed by atoms with Crippen molar-refractivity contribution in [3.8, 4) is 0 Å². The van der Waals surface area contributed by atoms with Gasteiger partial charge in [-0.1, -0.05) is 18.5 Å². The van der Waals surface area contributed by atoms with Gasteiger partial charge in [-0.15, -0.1) is 0 Å². The first-order valence-electron chi connectivity index (χ1n) is 3.98. The first kappa shape index (κ1) is 9.42. The Hall–Kier alpha value is -0.670. The Morgan fingerprint density at radius 1 is 1.50 bits per heavy atom. The summed E-state index contributed by atoms with van der Waals surface area (Å²) in [6.45, 7) is 2.59. The second kappa shape index (κ2) is 4.38. The average molecular weight is 186 g/mol. The van der Waals surface area contributed by atoms with Crippen molar-refractivity contribution in [2.45, 2.75) is 19.8 Å². The first-order valence-corrected chi connectivity index (χ1v) is 4.36. The third kappa shape index (κ3) is 2.43. The SMILES string of the molecule is CCc1cc(Cl)nc(CCN)n1. The average Bonchev–Trinajstić information content (AvgIpc) is 2.04. The molecule has 0 unspecified atom stereocenters. The molecule has 0 fully saturated rings. The van der Waals surface area contributed by atoms with Crippen molar-refractivity contribution in [3.63, 3.8) is 0 Å². The maximum absolute atomic E-state index is 5.77. The predicted molar refractivity (Wildman–Crippen MR) is 49.2 cm³/mol. The van der Waals surface area contributed by atoms with Gasteiger partial charge < -0.3 is 5.73 Å². The molecule has 66 valence electrons. The lowest BCUT2D eigenvalue weighted by atomic mass is 10.3. The topological polar surface area (TPSA) is 51.8 Å². The maximum atomic E-state index is 5.77. The molecule has 1 heterocycles. The zero-order chi connectivity index (χ0) is 8.97. The van der Waals surface area contributed by atoms with Gasteiger partial charge in [-0.3, -0.25) is 0 Å². The van der Waals surface area contributed by atoms with E-state index in [0.717, 1.165) is 17.9 Å². The van der Waals surface area contributed by atoms with E-state index in [1.165, 1.54) is 0 Å². The summed E-state index contributed by atoms with van der Waals surface area (Å²) in [5.74, 6) is 0.738. The molecule has 0 aliphatic carbocycles. The van der Waals surface area contributed by atoms with Crippen molar-refractivity contribution in [3.05, 3.63) is 22.7 Å². The van der Waals surface area contributed by atoms with E-state index in [2.05, 4.69) is 9.97 Å². The highest BCUT2D eigenvalue weighted by atomic mass is 35.5. The molecule has 2 N–H and O–H groups in total. The summed E-state index contributed by atoms with van der Waals surface area (Å²) < 4.78 is 0. The predicted octanol–water partition coefficient (Wildman–Crippen LogP) is 1.19. The van der Waals surface area contributed by atoms with Crippen LogP contribution in [-0.4, -0.2) is 16.5 Å². The van der Waals surface area contributed by atoms with E-state index in [-0.39, 0.29) is 0 Å². The largest absolute Gasteiger partial charge is 0.330 e. The van der Waals surface area contributed by atoms with Gasteiger partial charge in [0.2, 0.25) is 0 Å². The molecule has 0 saturated carbocycles. The maximum Gasteiger partial charge on any atom is 0.133 e. The van der Waals surface area contributed by atoms with Gasteiger partial charge in [0, 0.05) is 12.1 Å². The van der Waals surface area contributed by atoms with Gasteiger partial charge in [-0.25, -0.2) is 9.97 Å². The van der Waals surface area contributed by atoms with Gasteiger partial charge in [-0.2, -0.15) is 0 Å². The normalized spacial score (nSPS) is 10.2. The second-order valence-corrected chi connectivity index (χ2v) is 2.88. The summed E-state index contributed by atoms with van der Waals surface area (Å²) in [6.07, 6.45) is 1.56. The zero-order valence-corrected chi connectivity index (χ0v) is 7.80. The molecular weight excluding hydrogens is 174 g/mol. The molecule has 0 bridgehead atoms. The van der Waals surface area contributed by atoms with Crippen LogP contribution in [0.1, 0.15) is 18.4 Å². The van der Waals surface area contributed by atoms with Gasteiger partial charge in [-0.05, 0) is 19.0 Å². The van der Waals surface area contributed by atoms with E-state index in [1.54, 1.807) is 6.07 Å². The molecule has 0 amide bonds. The van der Waals surface area contributed by atoms with Crippen molar-refractivity contribution in [1.29, 1.82) is 0 Å². The van der Waals surface area contributed by atoms with Crippen molar-refractivity contribution >= 4 is 11.6 Å². The number of nitrogens with zero attached hydrogens (tertiary/aromatic N) is 2. The summed E-state index contributed by atoms with van der Waals surface area (Å²) >= 11 is 5.77. The van der Waals surface area contributed by atoms with Crippen LogP contribution in [0.25, 0.3) is 0 Å². The quantitative estimate of drug-likeness (QED) is 0.720. The van der Waals surface area contributed by atoms with Crippen LogP contribution in [0.15, 0.2) is 6.07 Å². The molecule has 0 aromatic carbocycles. The van der Waals surface area contributed by atoms with Crippen molar-refractivity contribution < 1.29 is 0 Å². The molecule has 3 nitrogen and oxygen atoms in total. The molecule has 0 radical (unpaired) electrons. The zero-order valence-electron chi connectivity index (χ0n) is 7.05. The highest BCUT2D eigenvalue weighted by Gasteiger charge is 2.00. The number of hydrogen-bond acceptors (Lipinski definition) is 3. The number of aromatic nitrogens is 2. The highest BCUT2D eigenvalue weighted by molar-refractivity contribution is 6.29. The highest BCUT2D eigenvalue weighted by Crippen LogP contribution is 2.07. The molecule has 1 aromatic rings. The van der Waals surface area contributed by atoms with E-state index in [1.807, 2.05) is 6.92 Å². The Morgan fingerprint density at radius 2 is 2.25 bits per heavy atom. The van der Waals surface area contributed by atoms with Crippen molar-refractivity contribution in [2.75, 3.05) is 6.54 Å². The molecule has 12 heavy (non-hydrogen) atoms. The molecule has 1 aromatic heterocycles. The fraction of sp³-hybridized carbons (Fsp3) is 0.500. The van der Waals surface area contributed by atoms with Gasteiger partial charge in [0.15, 0.2) is 0 Å². The third-order valence-electron chi connectivity index (χ3n) is 1.52. The minimum absolute atomic E-state index is 0.505. The molecule has 0 aliphatic heterocycles. The van der Waals surface area contributed by atoms with Crippen LogP contribution < -0.4 is 5.73 Å². The molecule has 0 aliphatic rings. The number of aryl methyl sites for hydroxylation is 1. The van der Waals surface area contributed by atoms with Gasteiger partial charge in [0.05, 0.1) is 0 Å². The smallest absolute Gasteiger partial charge is 0.133 e. The van der Waals surface area contributed by atoms with Gasteiger partial charge in [0.1, 0.15) is 11.0 Å². The lowest BCUT2D eigenvalue weighted by molar-refractivity contribution is 0.840. The van der Waals surface area contributed by atoms with Crippen LogP contribution in [0.5, 0.6) is 0 Å². The monoisotopic (exact) mass is 185 g/mol. The van der Waals surface area contributed by atoms with Crippen LogP contribution >= 0.6 is 11.6 Å². The van der Waals surface area contributed by atoms with E-state index in [0.29, 0.717) is 18.1 Å². The van der Waals surface area contributed by atoms with Crippen molar-refractivity contribution in [2.24, 2.45) is 5.73 Å². The number of nitrogens with two attached hydrogens (primary N) is 1. The van der Waals surface area contributed by atoms with Crippen LogP contribution in [-0.2, 0) is 12.8 Å².